The molecule has 2 aliphatic rings. The van der Waals surface area contributed by atoms with Crippen molar-refractivity contribution in [2.24, 2.45) is 0 Å². The Morgan fingerprint density at radius 2 is 1.87 bits per heavy atom. The van der Waals surface area contributed by atoms with Crippen molar-refractivity contribution >= 4 is 5.78 Å². The maximum atomic E-state index is 14.0. The zero-order valence-electron chi connectivity index (χ0n) is 12.6. The van der Waals surface area contributed by atoms with Crippen molar-refractivity contribution in [1.29, 1.82) is 0 Å². The second-order valence-corrected chi connectivity index (χ2v) is 6.36. The lowest BCUT2D eigenvalue weighted by Gasteiger charge is -2.28. The molecule has 2 aromatic carbocycles. The summed E-state index contributed by atoms with van der Waals surface area (Å²) in [6.45, 7) is 3.99. The van der Waals surface area contributed by atoms with E-state index in [1.54, 1.807) is 18.2 Å². The molecule has 118 valence electrons. The fourth-order valence-corrected chi connectivity index (χ4v) is 3.44. The minimum absolute atomic E-state index is 0.0488. The summed E-state index contributed by atoms with van der Waals surface area (Å²) in [7, 11) is 0. The molecule has 2 unspecified atom stereocenters. The van der Waals surface area contributed by atoms with Gasteiger partial charge in [-0.1, -0.05) is 38.1 Å². The topological polar surface area (TPSA) is 66.8 Å². The van der Waals surface area contributed by atoms with Gasteiger partial charge in [-0.2, -0.15) is 0 Å². The van der Waals surface area contributed by atoms with Crippen molar-refractivity contribution in [3.8, 4) is 5.75 Å². The van der Waals surface area contributed by atoms with Crippen LogP contribution >= 0.6 is 0 Å². The Morgan fingerprint density at radius 1 is 1.13 bits per heavy atom. The number of carbonyl (C=O) groups is 1. The van der Waals surface area contributed by atoms with Gasteiger partial charge < -0.3 is 14.9 Å². The second kappa shape index (κ2) is 4.19. The number of hydrogen-bond acceptors (Lipinski definition) is 4. The fourth-order valence-electron chi connectivity index (χ4n) is 3.44. The number of fused-ring (bicyclic) bond motifs is 5. The van der Waals surface area contributed by atoms with Gasteiger partial charge in [-0.15, -0.1) is 0 Å². The number of ketones is 1. The first-order valence-electron chi connectivity index (χ1n) is 7.42. The lowest BCUT2D eigenvalue weighted by atomic mass is 9.86. The lowest BCUT2D eigenvalue weighted by Crippen LogP contribution is -2.48. The average Bonchev–Trinajstić information content (AvgIpc) is 2.84. The highest BCUT2D eigenvalue weighted by Crippen LogP contribution is 2.58. The minimum Gasteiger partial charge on any atom is -0.454 e. The zero-order valence-corrected chi connectivity index (χ0v) is 12.6. The SMILES string of the molecule is CC(C)c1ccc2c(c1)OC1(O)c3cccc(F)c3C(=O)C21O. The quantitative estimate of drug-likeness (QED) is 0.849. The Kier molecular flexibility index (Phi) is 2.61. The number of hydrogen-bond donors (Lipinski definition) is 2. The second-order valence-electron chi connectivity index (χ2n) is 6.36. The van der Waals surface area contributed by atoms with E-state index in [-0.39, 0.29) is 28.4 Å². The van der Waals surface area contributed by atoms with Crippen LogP contribution in [0.4, 0.5) is 4.39 Å². The van der Waals surface area contributed by atoms with Gasteiger partial charge in [0.2, 0.25) is 11.4 Å². The van der Waals surface area contributed by atoms with E-state index in [2.05, 4.69) is 0 Å². The molecule has 4 rings (SSSR count). The Morgan fingerprint density at radius 3 is 2.57 bits per heavy atom. The van der Waals surface area contributed by atoms with E-state index in [9.17, 15) is 19.4 Å². The van der Waals surface area contributed by atoms with E-state index in [0.29, 0.717) is 0 Å². The first kappa shape index (κ1) is 14.4. The predicted octanol–water partition coefficient (Wildman–Crippen LogP) is 2.57. The van der Waals surface area contributed by atoms with E-state index >= 15 is 0 Å². The summed E-state index contributed by atoms with van der Waals surface area (Å²) >= 11 is 0. The average molecular weight is 314 g/mol. The number of benzene rings is 2. The molecule has 2 atom stereocenters. The van der Waals surface area contributed by atoms with Crippen LogP contribution in [0.5, 0.6) is 5.75 Å². The molecule has 0 radical (unpaired) electrons. The number of Topliss-reactive ketones (excluding diaryl/α,β-unsaturated/α-hetero) is 1. The Balaban J connectivity index is 1.98. The molecule has 2 aromatic rings. The van der Waals surface area contributed by atoms with Crippen LogP contribution in [0.3, 0.4) is 0 Å². The molecule has 0 aromatic heterocycles. The van der Waals surface area contributed by atoms with Crippen molar-refractivity contribution < 1.29 is 24.1 Å². The third kappa shape index (κ3) is 1.49. The molecule has 4 nitrogen and oxygen atoms in total. The van der Waals surface area contributed by atoms with E-state index in [1.165, 1.54) is 12.1 Å². The van der Waals surface area contributed by atoms with Crippen molar-refractivity contribution in [2.75, 3.05) is 0 Å². The summed E-state index contributed by atoms with van der Waals surface area (Å²) in [5, 5.41) is 21.9. The molecule has 1 aliphatic heterocycles. The van der Waals surface area contributed by atoms with Gasteiger partial charge in [0, 0.05) is 11.1 Å². The standard InChI is InChI=1S/C18H15FO4/c1-9(2)10-6-7-11-14(8-10)23-18(22)12-4-3-5-13(19)15(12)16(20)17(11,18)21/h3-9,21-22H,1-2H3. The van der Waals surface area contributed by atoms with Gasteiger partial charge in [-0.05, 0) is 23.6 Å². The molecular formula is C18H15FO4. The molecular weight excluding hydrogens is 299 g/mol. The van der Waals surface area contributed by atoms with E-state index in [0.717, 1.165) is 11.6 Å². The van der Waals surface area contributed by atoms with Gasteiger partial charge in [0.15, 0.2) is 0 Å². The molecule has 23 heavy (non-hydrogen) atoms. The van der Waals surface area contributed by atoms with E-state index in [1.807, 2.05) is 13.8 Å². The van der Waals surface area contributed by atoms with Crippen molar-refractivity contribution in [3.05, 3.63) is 64.5 Å². The maximum absolute atomic E-state index is 14.0. The summed E-state index contributed by atoms with van der Waals surface area (Å²) in [4.78, 5) is 12.7. The molecule has 0 saturated heterocycles. The van der Waals surface area contributed by atoms with Crippen LogP contribution in [0.1, 0.15) is 46.8 Å². The Labute approximate surface area is 132 Å². The van der Waals surface area contributed by atoms with Gasteiger partial charge in [-0.25, -0.2) is 4.39 Å². The van der Waals surface area contributed by atoms with Crippen LogP contribution in [0.2, 0.25) is 0 Å². The lowest BCUT2D eigenvalue weighted by molar-refractivity contribution is -0.224. The van der Waals surface area contributed by atoms with Crippen LogP contribution in [0.25, 0.3) is 0 Å². The third-order valence-corrected chi connectivity index (χ3v) is 4.74. The van der Waals surface area contributed by atoms with Crippen LogP contribution < -0.4 is 4.74 Å². The first-order valence-corrected chi connectivity index (χ1v) is 7.42. The molecule has 0 saturated carbocycles. The highest BCUT2D eigenvalue weighted by atomic mass is 19.1. The molecule has 0 fully saturated rings. The van der Waals surface area contributed by atoms with Crippen molar-refractivity contribution in [3.63, 3.8) is 0 Å². The van der Waals surface area contributed by atoms with Gasteiger partial charge in [0.1, 0.15) is 11.6 Å². The molecule has 5 heteroatoms. The van der Waals surface area contributed by atoms with Gasteiger partial charge >= 0.3 is 0 Å². The van der Waals surface area contributed by atoms with Gasteiger partial charge in [-0.3, -0.25) is 4.79 Å². The molecule has 1 heterocycles. The van der Waals surface area contributed by atoms with Gasteiger partial charge in [0.05, 0.1) is 5.56 Å². The van der Waals surface area contributed by atoms with Crippen LogP contribution in [-0.2, 0) is 11.4 Å². The third-order valence-electron chi connectivity index (χ3n) is 4.74. The summed E-state index contributed by atoms with van der Waals surface area (Å²) in [6.07, 6.45) is 0. The summed E-state index contributed by atoms with van der Waals surface area (Å²) in [6, 6.07) is 8.90. The highest BCUT2D eigenvalue weighted by Gasteiger charge is 2.71. The summed E-state index contributed by atoms with van der Waals surface area (Å²) < 4.78 is 19.6. The fraction of sp³-hybridized carbons (Fsp3) is 0.278. The number of rotatable bonds is 1. The number of aliphatic hydroxyl groups is 2. The van der Waals surface area contributed by atoms with E-state index in [4.69, 9.17) is 4.74 Å². The Hall–Kier alpha value is -2.24. The largest absolute Gasteiger partial charge is 0.454 e. The Bertz CT molecular complexity index is 860. The predicted molar refractivity (Wildman–Crippen MR) is 79.7 cm³/mol. The van der Waals surface area contributed by atoms with Crippen molar-refractivity contribution in [2.45, 2.75) is 31.2 Å². The van der Waals surface area contributed by atoms with Crippen LogP contribution in [0.15, 0.2) is 36.4 Å². The summed E-state index contributed by atoms with van der Waals surface area (Å²) in [5.41, 5.74) is -1.60. The number of ether oxygens (including phenoxy) is 1. The monoisotopic (exact) mass is 314 g/mol. The van der Waals surface area contributed by atoms with Crippen molar-refractivity contribution in [1.82, 2.24) is 0 Å². The summed E-state index contributed by atoms with van der Waals surface area (Å²) in [5.74, 6) is -3.52. The molecule has 0 bridgehead atoms. The van der Waals surface area contributed by atoms with Gasteiger partial charge in [0.25, 0.3) is 5.79 Å². The molecule has 0 spiro atoms. The number of halogens is 1. The number of carbonyl (C=O) groups excluding carboxylic acids is 1. The van der Waals surface area contributed by atoms with Crippen LogP contribution in [0, 0.1) is 5.82 Å². The van der Waals surface area contributed by atoms with E-state index < -0.39 is 23.0 Å². The highest BCUT2D eigenvalue weighted by molar-refractivity contribution is 6.09. The first-order chi connectivity index (χ1) is 10.8. The molecule has 1 aliphatic carbocycles. The normalized spacial score (nSPS) is 27.7. The zero-order chi connectivity index (χ0) is 16.6. The molecule has 0 amide bonds. The molecule has 2 N–H and O–H groups in total. The van der Waals surface area contributed by atoms with Crippen LogP contribution in [-0.4, -0.2) is 16.0 Å². The smallest absolute Gasteiger partial charge is 0.276 e. The minimum atomic E-state index is -2.33. The maximum Gasteiger partial charge on any atom is 0.276 e.